The topological polar surface area (TPSA) is 29.1 Å². The van der Waals surface area contributed by atoms with Crippen molar-refractivity contribution in [3.8, 4) is 0 Å². The number of Topliss-reactive ketones (excluding diaryl/α,β-unsaturated/α-hetero) is 1. The third-order valence-electron chi connectivity index (χ3n) is 2.75. The van der Waals surface area contributed by atoms with Gasteiger partial charge in [-0.25, -0.2) is 4.39 Å². The largest absolute Gasteiger partial charge is 0.381 e. The Kier molecular flexibility index (Phi) is 4.17. The first-order chi connectivity index (χ1) is 9.06. The average molecular weight is 278 g/mol. The minimum absolute atomic E-state index is 0.166. The number of ketones is 1. The fraction of sp³-hybridized carbons (Fsp3) is 0.133. The summed E-state index contributed by atoms with van der Waals surface area (Å²) >= 11 is 6.04. The highest BCUT2D eigenvalue weighted by Gasteiger charge is 2.05. The predicted octanol–water partition coefficient (Wildman–Crippen LogP) is 4.29. The van der Waals surface area contributed by atoms with Gasteiger partial charge in [-0.3, -0.25) is 4.79 Å². The lowest BCUT2D eigenvalue weighted by Crippen LogP contribution is -2.02. The van der Waals surface area contributed by atoms with Crippen molar-refractivity contribution in [1.29, 1.82) is 0 Å². The maximum atomic E-state index is 13.4. The van der Waals surface area contributed by atoms with Crippen LogP contribution in [0.3, 0.4) is 0 Å². The van der Waals surface area contributed by atoms with Gasteiger partial charge in [0.15, 0.2) is 5.78 Å². The minimum Gasteiger partial charge on any atom is -0.381 e. The van der Waals surface area contributed by atoms with E-state index in [1.807, 2.05) is 18.2 Å². The lowest BCUT2D eigenvalue weighted by Gasteiger charge is -2.09. The molecular formula is C15H13ClFNO. The molecule has 0 saturated carbocycles. The summed E-state index contributed by atoms with van der Waals surface area (Å²) in [5, 5.41) is 3.71. The van der Waals surface area contributed by atoms with Crippen LogP contribution < -0.4 is 5.32 Å². The molecule has 0 radical (unpaired) electrons. The van der Waals surface area contributed by atoms with E-state index in [1.165, 1.54) is 19.1 Å². The lowest BCUT2D eigenvalue weighted by molar-refractivity contribution is 0.101. The summed E-state index contributed by atoms with van der Waals surface area (Å²) in [6.07, 6.45) is 0. The van der Waals surface area contributed by atoms with Gasteiger partial charge in [0, 0.05) is 22.8 Å². The van der Waals surface area contributed by atoms with Gasteiger partial charge in [-0.2, -0.15) is 0 Å². The SMILES string of the molecule is CC(=O)c1cc(F)cc(NCc2ccccc2Cl)c1. The van der Waals surface area contributed by atoms with E-state index in [4.69, 9.17) is 11.6 Å². The fourth-order valence-electron chi connectivity index (χ4n) is 1.73. The zero-order valence-corrected chi connectivity index (χ0v) is 11.2. The zero-order chi connectivity index (χ0) is 13.8. The summed E-state index contributed by atoms with van der Waals surface area (Å²) in [7, 11) is 0. The molecule has 0 saturated heterocycles. The Morgan fingerprint density at radius 2 is 2.00 bits per heavy atom. The molecule has 0 heterocycles. The van der Waals surface area contributed by atoms with Gasteiger partial charge >= 0.3 is 0 Å². The molecule has 2 aromatic rings. The van der Waals surface area contributed by atoms with E-state index >= 15 is 0 Å². The van der Waals surface area contributed by atoms with Crippen LogP contribution in [0.15, 0.2) is 42.5 Å². The maximum absolute atomic E-state index is 13.4. The summed E-state index contributed by atoms with van der Waals surface area (Å²) in [6.45, 7) is 1.88. The quantitative estimate of drug-likeness (QED) is 0.845. The first-order valence-corrected chi connectivity index (χ1v) is 6.23. The van der Waals surface area contributed by atoms with Crippen LogP contribution in [0.1, 0.15) is 22.8 Å². The highest BCUT2D eigenvalue weighted by Crippen LogP contribution is 2.19. The van der Waals surface area contributed by atoms with Crippen LogP contribution in [0.4, 0.5) is 10.1 Å². The number of anilines is 1. The number of hydrogen-bond acceptors (Lipinski definition) is 2. The molecule has 0 aliphatic rings. The molecule has 0 unspecified atom stereocenters. The Morgan fingerprint density at radius 1 is 1.26 bits per heavy atom. The number of carbonyl (C=O) groups is 1. The van der Waals surface area contributed by atoms with Gasteiger partial charge in [0.1, 0.15) is 5.82 Å². The van der Waals surface area contributed by atoms with Gasteiger partial charge in [0.2, 0.25) is 0 Å². The highest BCUT2D eigenvalue weighted by atomic mass is 35.5. The van der Waals surface area contributed by atoms with Gasteiger partial charge in [0.05, 0.1) is 0 Å². The van der Waals surface area contributed by atoms with Crippen molar-refractivity contribution in [1.82, 2.24) is 0 Å². The molecule has 0 aromatic heterocycles. The molecule has 0 aliphatic carbocycles. The fourth-order valence-corrected chi connectivity index (χ4v) is 1.94. The highest BCUT2D eigenvalue weighted by molar-refractivity contribution is 6.31. The average Bonchev–Trinajstić information content (AvgIpc) is 2.37. The van der Waals surface area contributed by atoms with Crippen LogP contribution in [-0.4, -0.2) is 5.78 Å². The molecule has 2 rings (SSSR count). The van der Waals surface area contributed by atoms with Crippen LogP contribution in [0, 0.1) is 5.82 Å². The van der Waals surface area contributed by atoms with Crippen molar-refractivity contribution in [3.63, 3.8) is 0 Å². The van der Waals surface area contributed by atoms with E-state index in [-0.39, 0.29) is 5.78 Å². The third kappa shape index (κ3) is 3.55. The standard InChI is InChI=1S/C15H13ClFNO/c1-10(19)12-6-13(17)8-14(7-12)18-9-11-4-2-3-5-15(11)16/h2-8,18H,9H2,1H3. The Balaban J connectivity index is 2.16. The molecule has 19 heavy (non-hydrogen) atoms. The summed E-state index contributed by atoms with van der Waals surface area (Å²) in [6, 6.07) is 11.6. The summed E-state index contributed by atoms with van der Waals surface area (Å²) in [5.74, 6) is -0.602. The molecule has 2 nitrogen and oxygen atoms in total. The molecule has 0 atom stereocenters. The summed E-state index contributed by atoms with van der Waals surface area (Å²) in [4.78, 5) is 11.3. The molecule has 0 fully saturated rings. The van der Waals surface area contributed by atoms with Crippen LogP contribution in [-0.2, 0) is 6.54 Å². The van der Waals surface area contributed by atoms with Crippen LogP contribution >= 0.6 is 11.6 Å². The van der Waals surface area contributed by atoms with Gasteiger partial charge in [-0.05, 0) is 36.8 Å². The molecule has 2 aromatic carbocycles. The monoisotopic (exact) mass is 277 g/mol. The first-order valence-electron chi connectivity index (χ1n) is 5.85. The molecule has 0 aliphatic heterocycles. The molecule has 0 spiro atoms. The van der Waals surface area contributed by atoms with Gasteiger partial charge in [0.25, 0.3) is 0 Å². The molecular weight excluding hydrogens is 265 g/mol. The third-order valence-corrected chi connectivity index (χ3v) is 3.11. The number of rotatable bonds is 4. The first kappa shape index (κ1) is 13.6. The van der Waals surface area contributed by atoms with Crippen molar-refractivity contribution in [3.05, 3.63) is 64.4 Å². The maximum Gasteiger partial charge on any atom is 0.159 e. The molecule has 1 N–H and O–H groups in total. The van der Waals surface area contributed by atoms with Gasteiger partial charge in [-0.15, -0.1) is 0 Å². The molecule has 4 heteroatoms. The lowest BCUT2D eigenvalue weighted by atomic mass is 10.1. The van der Waals surface area contributed by atoms with Gasteiger partial charge in [-0.1, -0.05) is 29.8 Å². The Hall–Kier alpha value is -1.87. The van der Waals surface area contributed by atoms with E-state index in [0.29, 0.717) is 22.8 Å². The van der Waals surface area contributed by atoms with Crippen molar-refractivity contribution in [2.75, 3.05) is 5.32 Å². The van der Waals surface area contributed by atoms with E-state index < -0.39 is 5.82 Å². The normalized spacial score (nSPS) is 10.3. The number of halogens is 2. The van der Waals surface area contributed by atoms with E-state index in [2.05, 4.69) is 5.32 Å². The number of carbonyl (C=O) groups excluding carboxylic acids is 1. The minimum atomic E-state index is -0.436. The van der Waals surface area contributed by atoms with Crippen molar-refractivity contribution < 1.29 is 9.18 Å². The zero-order valence-electron chi connectivity index (χ0n) is 10.4. The molecule has 98 valence electrons. The number of benzene rings is 2. The van der Waals surface area contributed by atoms with E-state index in [1.54, 1.807) is 12.1 Å². The predicted molar refractivity (Wildman–Crippen MR) is 75.2 cm³/mol. The Bertz CT molecular complexity index is 613. The van der Waals surface area contributed by atoms with E-state index in [9.17, 15) is 9.18 Å². The van der Waals surface area contributed by atoms with Crippen molar-refractivity contribution in [2.45, 2.75) is 13.5 Å². The Labute approximate surface area is 116 Å². The Morgan fingerprint density at radius 3 is 2.68 bits per heavy atom. The van der Waals surface area contributed by atoms with Gasteiger partial charge < -0.3 is 5.32 Å². The molecule has 0 bridgehead atoms. The van der Waals surface area contributed by atoms with Crippen molar-refractivity contribution >= 4 is 23.1 Å². The van der Waals surface area contributed by atoms with Crippen LogP contribution in [0.5, 0.6) is 0 Å². The molecule has 0 amide bonds. The second kappa shape index (κ2) is 5.85. The van der Waals surface area contributed by atoms with E-state index in [0.717, 1.165) is 5.56 Å². The summed E-state index contributed by atoms with van der Waals surface area (Å²) in [5.41, 5.74) is 1.82. The van der Waals surface area contributed by atoms with Crippen LogP contribution in [0.25, 0.3) is 0 Å². The smallest absolute Gasteiger partial charge is 0.159 e. The number of hydrogen-bond donors (Lipinski definition) is 1. The summed E-state index contributed by atoms with van der Waals surface area (Å²) < 4.78 is 13.4. The van der Waals surface area contributed by atoms with Crippen LogP contribution in [0.2, 0.25) is 5.02 Å². The second-order valence-electron chi connectivity index (χ2n) is 4.23. The van der Waals surface area contributed by atoms with Crippen molar-refractivity contribution in [2.24, 2.45) is 0 Å². The second-order valence-corrected chi connectivity index (χ2v) is 4.64. The number of nitrogens with one attached hydrogen (secondary N) is 1.